The van der Waals surface area contributed by atoms with Crippen molar-refractivity contribution >= 4 is 16.0 Å². The van der Waals surface area contributed by atoms with Crippen molar-refractivity contribution < 1.29 is 13.2 Å². The molecular formula is C18H31N5O3S. The van der Waals surface area contributed by atoms with Crippen LogP contribution < -0.4 is 15.4 Å². The van der Waals surface area contributed by atoms with Crippen molar-refractivity contribution in [1.29, 1.82) is 0 Å². The number of benzene rings is 1. The van der Waals surface area contributed by atoms with Gasteiger partial charge in [0, 0.05) is 32.2 Å². The molecule has 1 atom stereocenters. The minimum absolute atomic E-state index is 0.252. The number of nitrogens with one attached hydrogen (secondary N) is 3. The number of ether oxygens (including phenoxy) is 1. The van der Waals surface area contributed by atoms with Crippen molar-refractivity contribution in [3.8, 4) is 0 Å². The Morgan fingerprint density at radius 1 is 1.22 bits per heavy atom. The molecule has 27 heavy (non-hydrogen) atoms. The maximum absolute atomic E-state index is 11.8. The van der Waals surface area contributed by atoms with Gasteiger partial charge < -0.3 is 15.4 Å². The van der Waals surface area contributed by atoms with E-state index in [1.807, 2.05) is 6.92 Å². The first-order chi connectivity index (χ1) is 13.0. The van der Waals surface area contributed by atoms with Crippen LogP contribution in [0.15, 0.2) is 34.2 Å². The summed E-state index contributed by atoms with van der Waals surface area (Å²) in [6.45, 7) is 9.76. The summed E-state index contributed by atoms with van der Waals surface area (Å²) >= 11 is 0. The predicted molar refractivity (Wildman–Crippen MR) is 107 cm³/mol. The van der Waals surface area contributed by atoms with Crippen LogP contribution in [0.5, 0.6) is 0 Å². The lowest BCUT2D eigenvalue weighted by Gasteiger charge is -2.32. The molecule has 1 aromatic rings. The van der Waals surface area contributed by atoms with Gasteiger partial charge >= 0.3 is 0 Å². The van der Waals surface area contributed by atoms with Crippen molar-refractivity contribution in [2.75, 3.05) is 46.4 Å². The maximum atomic E-state index is 11.8. The SMILES string of the molecule is CCNC(=NCc1ccc(S(=O)(=O)NC)cc1)NCC(C)N1CCOCC1. The van der Waals surface area contributed by atoms with Gasteiger partial charge in [0.25, 0.3) is 0 Å². The Morgan fingerprint density at radius 2 is 1.89 bits per heavy atom. The Bertz CT molecular complexity index is 700. The molecule has 0 saturated carbocycles. The maximum Gasteiger partial charge on any atom is 0.240 e. The Balaban J connectivity index is 1.92. The summed E-state index contributed by atoms with van der Waals surface area (Å²) < 4.78 is 31.3. The predicted octanol–water partition coefficient (Wildman–Crippen LogP) is 0.371. The van der Waals surface area contributed by atoms with Crippen molar-refractivity contribution in [3.05, 3.63) is 29.8 Å². The van der Waals surface area contributed by atoms with Gasteiger partial charge in [-0.05, 0) is 38.6 Å². The van der Waals surface area contributed by atoms with Crippen LogP contribution >= 0.6 is 0 Å². The van der Waals surface area contributed by atoms with Crippen molar-refractivity contribution in [1.82, 2.24) is 20.3 Å². The summed E-state index contributed by atoms with van der Waals surface area (Å²) in [6, 6.07) is 7.15. The zero-order valence-corrected chi connectivity index (χ0v) is 17.2. The highest BCUT2D eigenvalue weighted by molar-refractivity contribution is 7.89. The van der Waals surface area contributed by atoms with Gasteiger partial charge in [-0.3, -0.25) is 4.90 Å². The quantitative estimate of drug-likeness (QED) is 0.433. The molecule has 2 rings (SSSR count). The molecule has 0 bridgehead atoms. The summed E-state index contributed by atoms with van der Waals surface area (Å²) in [5.74, 6) is 0.754. The van der Waals surface area contributed by atoms with Crippen LogP contribution in [0.2, 0.25) is 0 Å². The van der Waals surface area contributed by atoms with Gasteiger partial charge in [-0.2, -0.15) is 0 Å². The van der Waals surface area contributed by atoms with Crippen LogP contribution in [-0.4, -0.2) is 71.8 Å². The van der Waals surface area contributed by atoms with E-state index in [9.17, 15) is 8.42 Å². The van der Waals surface area contributed by atoms with Crippen LogP contribution in [0.25, 0.3) is 0 Å². The summed E-state index contributed by atoms with van der Waals surface area (Å²) in [4.78, 5) is 7.25. The minimum Gasteiger partial charge on any atom is -0.379 e. The Hall–Kier alpha value is -1.68. The van der Waals surface area contributed by atoms with E-state index < -0.39 is 10.0 Å². The standard InChI is InChI=1S/C18H31N5O3S/c1-4-20-18(21-13-15(2)23-9-11-26-12-10-23)22-14-16-5-7-17(8-6-16)27(24,25)19-3/h5-8,15,19H,4,9-14H2,1-3H3,(H2,20,21,22). The number of hydrogen-bond acceptors (Lipinski definition) is 5. The van der Waals surface area contributed by atoms with Crippen LogP contribution in [0.4, 0.5) is 0 Å². The molecule has 0 aliphatic carbocycles. The molecule has 1 aliphatic heterocycles. The van der Waals surface area contributed by atoms with Crippen LogP contribution in [0.3, 0.4) is 0 Å². The molecule has 1 aromatic carbocycles. The first-order valence-electron chi connectivity index (χ1n) is 9.32. The molecule has 9 heteroatoms. The summed E-state index contributed by atoms with van der Waals surface area (Å²) in [5, 5.41) is 6.63. The first-order valence-corrected chi connectivity index (χ1v) is 10.8. The van der Waals surface area contributed by atoms with Crippen LogP contribution in [-0.2, 0) is 21.3 Å². The van der Waals surface area contributed by atoms with E-state index >= 15 is 0 Å². The fourth-order valence-corrected chi connectivity index (χ4v) is 3.53. The van der Waals surface area contributed by atoms with Gasteiger partial charge in [-0.15, -0.1) is 0 Å². The average molecular weight is 398 g/mol. The molecule has 0 radical (unpaired) electrons. The third kappa shape index (κ3) is 6.76. The minimum atomic E-state index is -3.41. The molecule has 1 aliphatic rings. The fraction of sp³-hybridized carbons (Fsp3) is 0.611. The molecule has 0 amide bonds. The summed E-state index contributed by atoms with van der Waals surface area (Å²) in [5.41, 5.74) is 0.948. The number of rotatable bonds is 8. The van der Waals surface area contributed by atoms with Crippen molar-refractivity contribution in [3.63, 3.8) is 0 Å². The highest BCUT2D eigenvalue weighted by Crippen LogP contribution is 2.11. The van der Waals surface area contributed by atoms with Gasteiger partial charge in [0.1, 0.15) is 0 Å². The van der Waals surface area contributed by atoms with E-state index in [2.05, 4.69) is 32.2 Å². The zero-order valence-electron chi connectivity index (χ0n) is 16.4. The normalized spacial score (nSPS) is 17.5. The molecule has 1 unspecified atom stereocenters. The Labute approximate surface area is 162 Å². The van der Waals surface area contributed by atoms with Crippen LogP contribution in [0, 0.1) is 0 Å². The number of hydrogen-bond donors (Lipinski definition) is 3. The molecule has 1 saturated heterocycles. The topological polar surface area (TPSA) is 95.1 Å². The number of nitrogens with zero attached hydrogens (tertiary/aromatic N) is 2. The van der Waals surface area contributed by atoms with E-state index in [0.29, 0.717) is 12.6 Å². The highest BCUT2D eigenvalue weighted by atomic mass is 32.2. The Kier molecular flexibility index (Phi) is 8.49. The molecule has 1 heterocycles. The van der Waals surface area contributed by atoms with Crippen molar-refractivity contribution in [2.24, 2.45) is 4.99 Å². The van der Waals surface area contributed by atoms with E-state index in [1.165, 1.54) is 7.05 Å². The summed E-state index contributed by atoms with van der Waals surface area (Å²) in [6.07, 6.45) is 0. The van der Waals surface area contributed by atoms with Gasteiger partial charge in [-0.25, -0.2) is 18.1 Å². The number of guanidine groups is 1. The second-order valence-electron chi connectivity index (χ2n) is 6.42. The Morgan fingerprint density at radius 3 is 2.48 bits per heavy atom. The zero-order chi connectivity index (χ0) is 19.7. The van der Waals surface area contributed by atoms with Gasteiger partial charge in [0.2, 0.25) is 10.0 Å². The highest BCUT2D eigenvalue weighted by Gasteiger charge is 2.17. The molecule has 0 aromatic heterocycles. The van der Waals surface area contributed by atoms with E-state index in [-0.39, 0.29) is 4.90 Å². The average Bonchev–Trinajstić information content (AvgIpc) is 2.70. The molecule has 152 valence electrons. The van der Waals surface area contributed by atoms with E-state index in [1.54, 1.807) is 24.3 Å². The van der Waals surface area contributed by atoms with Gasteiger partial charge in [0.15, 0.2) is 5.96 Å². The third-order valence-corrected chi connectivity index (χ3v) is 5.93. The monoisotopic (exact) mass is 397 g/mol. The lowest BCUT2D eigenvalue weighted by atomic mass is 10.2. The van der Waals surface area contributed by atoms with Gasteiger partial charge in [-0.1, -0.05) is 12.1 Å². The smallest absolute Gasteiger partial charge is 0.240 e. The third-order valence-electron chi connectivity index (χ3n) is 4.50. The van der Waals surface area contributed by atoms with Crippen molar-refractivity contribution in [2.45, 2.75) is 31.3 Å². The molecule has 0 spiro atoms. The molecule has 3 N–H and O–H groups in total. The number of sulfonamides is 1. The van der Waals surface area contributed by atoms with Gasteiger partial charge in [0.05, 0.1) is 24.7 Å². The molecule has 1 fully saturated rings. The van der Waals surface area contributed by atoms with E-state index in [0.717, 1.165) is 50.9 Å². The second kappa shape index (κ2) is 10.6. The van der Waals surface area contributed by atoms with Crippen LogP contribution in [0.1, 0.15) is 19.4 Å². The number of morpholine rings is 1. The second-order valence-corrected chi connectivity index (χ2v) is 8.31. The lowest BCUT2D eigenvalue weighted by molar-refractivity contribution is 0.0211. The molecule has 8 nitrogen and oxygen atoms in total. The summed E-state index contributed by atoms with van der Waals surface area (Å²) in [7, 11) is -2.01. The molecular weight excluding hydrogens is 366 g/mol. The number of aliphatic imine (C=N–C) groups is 1. The van der Waals surface area contributed by atoms with E-state index in [4.69, 9.17) is 4.74 Å². The largest absolute Gasteiger partial charge is 0.379 e. The fourth-order valence-electron chi connectivity index (χ4n) is 2.80. The lowest BCUT2D eigenvalue weighted by Crippen LogP contribution is -2.49. The first kappa shape index (κ1) is 21.6.